The summed E-state index contributed by atoms with van der Waals surface area (Å²) in [7, 11) is 0. The molecular formula is C15H16O3. The molecule has 0 aliphatic rings. The highest BCUT2D eigenvalue weighted by Gasteiger charge is 2.34. The number of carboxylic acids is 1. The molecule has 2 aromatic carbocycles. The summed E-state index contributed by atoms with van der Waals surface area (Å²) < 4.78 is 0. The van der Waals surface area contributed by atoms with Gasteiger partial charge in [0, 0.05) is 6.61 Å². The van der Waals surface area contributed by atoms with Crippen molar-refractivity contribution in [2.75, 3.05) is 6.61 Å². The number of aliphatic hydroxyl groups excluding tert-OH is 1. The lowest BCUT2D eigenvalue weighted by atomic mass is 9.79. The normalized spacial score (nSPS) is 14.3. The van der Waals surface area contributed by atoms with Gasteiger partial charge in [0.1, 0.15) is 0 Å². The standard InChI is InChI=1S/C15H16O3/c1-15(8-9-16,14(17)18)13-7-6-11-4-2-3-5-12(11)10-13/h2-7,10,16H,8-9H2,1H3,(H,17,18). The molecule has 0 aliphatic heterocycles. The van der Waals surface area contributed by atoms with Crippen LogP contribution < -0.4 is 0 Å². The van der Waals surface area contributed by atoms with Gasteiger partial charge < -0.3 is 10.2 Å². The first kappa shape index (κ1) is 12.6. The average Bonchev–Trinajstić information content (AvgIpc) is 2.38. The molecule has 0 saturated heterocycles. The van der Waals surface area contributed by atoms with E-state index in [1.165, 1.54) is 0 Å². The van der Waals surface area contributed by atoms with Crippen LogP contribution in [-0.4, -0.2) is 22.8 Å². The molecule has 0 amide bonds. The lowest BCUT2D eigenvalue weighted by molar-refractivity contribution is -0.143. The molecule has 2 N–H and O–H groups in total. The van der Waals surface area contributed by atoms with E-state index in [2.05, 4.69) is 0 Å². The zero-order valence-corrected chi connectivity index (χ0v) is 10.3. The Hall–Kier alpha value is -1.87. The summed E-state index contributed by atoms with van der Waals surface area (Å²) in [4.78, 5) is 11.4. The Kier molecular flexibility index (Phi) is 3.34. The van der Waals surface area contributed by atoms with Crippen molar-refractivity contribution >= 4 is 16.7 Å². The lowest BCUT2D eigenvalue weighted by Crippen LogP contribution is -2.33. The highest BCUT2D eigenvalue weighted by atomic mass is 16.4. The van der Waals surface area contributed by atoms with Crippen LogP contribution in [0.2, 0.25) is 0 Å². The molecule has 0 bridgehead atoms. The number of carbonyl (C=O) groups is 1. The largest absolute Gasteiger partial charge is 0.481 e. The smallest absolute Gasteiger partial charge is 0.313 e. The maximum atomic E-state index is 11.4. The number of benzene rings is 2. The van der Waals surface area contributed by atoms with Gasteiger partial charge >= 0.3 is 5.97 Å². The molecule has 0 heterocycles. The van der Waals surface area contributed by atoms with Crippen LogP contribution >= 0.6 is 0 Å². The number of aliphatic hydroxyl groups is 1. The van der Waals surface area contributed by atoms with Gasteiger partial charge in [-0.3, -0.25) is 4.79 Å². The van der Waals surface area contributed by atoms with Crippen molar-refractivity contribution in [2.45, 2.75) is 18.8 Å². The molecule has 1 atom stereocenters. The minimum atomic E-state index is -1.04. The summed E-state index contributed by atoms with van der Waals surface area (Å²) >= 11 is 0. The third-order valence-corrected chi connectivity index (χ3v) is 3.47. The number of fused-ring (bicyclic) bond motifs is 1. The van der Waals surface area contributed by atoms with Gasteiger partial charge in [0.15, 0.2) is 0 Å². The summed E-state index contributed by atoms with van der Waals surface area (Å²) in [6.07, 6.45) is 0.209. The molecule has 2 aromatic rings. The number of aliphatic carboxylic acids is 1. The van der Waals surface area contributed by atoms with E-state index in [0.29, 0.717) is 0 Å². The summed E-state index contributed by atoms with van der Waals surface area (Å²) in [5.41, 5.74) is -0.318. The summed E-state index contributed by atoms with van der Waals surface area (Å²) in [6.45, 7) is 1.51. The van der Waals surface area contributed by atoms with E-state index < -0.39 is 11.4 Å². The number of hydrogen-bond acceptors (Lipinski definition) is 2. The topological polar surface area (TPSA) is 57.5 Å². The zero-order valence-electron chi connectivity index (χ0n) is 10.3. The summed E-state index contributed by atoms with van der Waals surface area (Å²) in [5.74, 6) is -0.910. The van der Waals surface area contributed by atoms with Crippen molar-refractivity contribution in [1.29, 1.82) is 0 Å². The second-order valence-electron chi connectivity index (χ2n) is 4.67. The third kappa shape index (κ3) is 2.09. The SMILES string of the molecule is CC(CCO)(C(=O)O)c1ccc2ccccc2c1. The van der Waals surface area contributed by atoms with Crippen LogP contribution in [0, 0.1) is 0 Å². The minimum absolute atomic E-state index is 0.143. The third-order valence-electron chi connectivity index (χ3n) is 3.47. The van der Waals surface area contributed by atoms with E-state index in [0.717, 1.165) is 16.3 Å². The Bertz CT molecular complexity index is 577. The quantitative estimate of drug-likeness (QED) is 0.869. The first-order valence-electron chi connectivity index (χ1n) is 5.91. The van der Waals surface area contributed by atoms with Crippen molar-refractivity contribution in [3.63, 3.8) is 0 Å². The van der Waals surface area contributed by atoms with E-state index in [1.54, 1.807) is 6.92 Å². The van der Waals surface area contributed by atoms with Crippen molar-refractivity contribution in [3.8, 4) is 0 Å². The Balaban J connectivity index is 2.54. The molecule has 94 valence electrons. The number of carboxylic acid groups (broad SMARTS) is 1. The van der Waals surface area contributed by atoms with Crippen molar-refractivity contribution < 1.29 is 15.0 Å². The fourth-order valence-electron chi connectivity index (χ4n) is 2.13. The van der Waals surface area contributed by atoms with E-state index in [9.17, 15) is 9.90 Å². The predicted molar refractivity (Wildman–Crippen MR) is 70.6 cm³/mol. The predicted octanol–water partition coefficient (Wildman–Crippen LogP) is 2.56. The van der Waals surface area contributed by atoms with Crippen LogP contribution in [0.3, 0.4) is 0 Å². The number of hydrogen-bond donors (Lipinski definition) is 2. The molecule has 0 aromatic heterocycles. The fraction of sp³-hybridized carbons (Fsp3) is 0.267. The van der Waals surface area contributed by atoms with Crippen molar-refractivity contribution in [1.82, 2.24) is 0 Å². The Morgan fingerprint density at radius 3 is 2.44 bits per heavy atom. The minimum Gasteiger partial charge on any atom is -0.481 e. The highest BCUT2D eigenvalue weighted by molar-refractivity contribution is 5.87. The molecule has 0 fully saturated rings. The monoisotopic (exact) mass is 244 g/mol. The van der Waals surface area contributed by atoms with E-state index in [-0.39, 0.29) is 13.0 Å². The van der Waals surface area contributed by atoms with Crippen LogP contribution in [0.4, 0.5) is 0 Å². The van der Waals surface area contributed by atoms with Crippen LogP contribution in [0.15, 0.2) is 42.5 Å². The van der Waals surface area contributed by atoms with Crippen molar-refractivity contribution in [2.24, 2.45) is 0 Å². The van der Waals surface area contributed by atoms with Gasteiger partial charge in [0.05, 0.1) is 5.41 Å². The maximum Gasteiger partial charge on any atom is 0.313 e. The van der Waals surface area contributed by atoms with Gasteiger partial charge in [-0.05, 0) is 29.7 Å². The Labute approximate surface area is 106 Å². The molecule has 3 nitrogen and oxygen atoms in total. The fourth-order valence-corrected chi connectivity index (χ4v) is 2.13. The van der Waals surface area contributed by atoms with Crippen LogP contribution in [0.25, 0.3) is 10.8 Å². The van der Waals surface area contributed by atoms with Crippen LogP contribution in [0.5, 0.6) is 0 Å². The first-order valence-corrected chi connectivity index (χ1v) is 5.91. The second kappa shape index (κ2) is 4.78. The highest BCUT2D eigenvalue weighted by Crippen LogP contribution is 2.30. The van der Waals surface area contributed by atoms with E-state index >= 15 is 0 Å². The molecule has 18 heavy (non-hydrogen) atoms. The molecular weight excluding hydrogens is 228 g/mol. The van der Waals surface area contributed by atoms with Crippen LogP contribution in [-0.2, 0) is 10.2 Å². The molecule has 1 unspecified atom stereocenters. The van der Waals surface area contributed by atoms with Gasteiger partial charge in [-0.2, -0.15) is 0 Å². The van der Waals surface area contributed by atoms with Gasteiger partial charge in [-0.1, -0.05) is 42.5 Å². The zero-order chi connectivity index (χ0) is 13.2. The molecule has 0 spiro atoms. The number of rotatable bonds is 4. The molecule has 0 radical (unpaired) electrons. The molecule has 0 aliphatic carbocycles. The molecule has 0 saturated carbocycles. The molecule has 2 rings (SSSR count). The van der Waals surface area contributed by atoms with Gasteiger partial charge in [-0.15, -0.1) is 0 Å². The Morgan fingerprint density at radius 1 is 1.17 bits per heavy atom. The lowest BCUT2D eigenvalue weighted by Gasteiger charge is -2.24. The van der Waals surface area contributed by atoms with Crippen molar-refractivity contribution in [3.05, 3.63) is 48.0 Å². The summed E-state index contributed by atoms with van der Waals surface area (Å²) in [5, 5.41) is 20.5. The average molecular weight is 244 g/mol. The summed E-state index contributed by atoms with van der Waals surface area (Å²) in [6, 6.07) is 13.5. The Morgan fingerprint density at radius 2 is 1.83 bits per heavy atom. The second-order valence-corrected chi connectivity index (χ2v) is 4.67. The van der Waals surface area contributed by atoms with E-state index in [4.69, 9.17) is 5.11 Å². The maximum absolute atomic E-state index is 11.4. The van der Waals surface area contributed by atoms with E-state index in [1.807, 2.05) is 42.5 Å². The van der Waals surface area contributed by atoms with Gasteiger partial charge in [-0.25, -0.2) is 0 Å². The molecule has 3 heteroatoms. The van der Waals surface area contributed by atoms with Gasteiger partial charge in [0.25, 0.3) is 0 Å². The first-order chi connectivity index (χ1) is 8.58. The van der Waals surface area contributed by atoms with Crippen LogP contribution in [0.1, 0.15) is 18.9 Å². The van der Waals surface area contributed by atoms with Gasteiger partial charge in [0.2, 0.25) is 0 Å².